The molecule has 112 valence electrons. The van der Waals surface area contributed by atoms with Gasteiger partial charge in [0.2, 0.25) is 0 Å². The highest BCUT2D eigenvalue weighted by Crippen LogP contribution is 2.33. The fraction of sp³-hybridized carbons (Fsp3) is 0.571. The normalized spacial score (nSPS) is 20.3. The molecule has 1 saturated heterocycles. The van der Waals surface area contributed by atoms with E-state index in [9.17, 15) is 13.2 Å². The monoisotopic (exact) mass is 287 g/mol. The largest absolute Gasteiger partial charge is 0.416 e. The van der Waals surface area contributed by atoms with Crippen LogP contribution in [-0.2, 0) is 6.18 Å². The number of nitrogens with zero attached hydrogens (tertiary/aromatic N) is 1. The number of nitrogens with two attached hydrogens (primary N) is 1. The fourth-order valence-electron chi connectivity index (χ4n) is 2.52. The van der Waals surface area contributed by atoms with E-state index in [1.165, 1.54) is 6.07 Å². The van der Waals surface area contributed by atoms with Gasteiger partial charge in [-0.25, -0.2) is 0 Å². The van der Waals surface area contributed by atoms with Gasteiger partial charge in [-0.05, 0) is 43.6 Å². The van der Waals surface area contributed by atoms with Crippen molar-refractivity contribution in [2.45, 2.75) is 19.5 Å². The van der Waals surface area contributed by atoms with Crippen molar-refractivity contribution in [3.05, 3.63) is 23.8 Å². The molecule has 0 aromatic heterocycles. The molecular weight excluding hydrogens is 267 g/mol. The summed E-state index contributed by atoms with van der Waals surface area (Å²) in [4.78, 5) is 2.36. The molecule has 1 aliphatic rings. The highest BCUT2D eigenvalue weighted by Gasteiger charge is 2.30. The Labute approximate surface area is 116 Å². The van der Waals surface area contributed by atoms with Gasteiger partial charge in [0, 0.05) is 13.1 Å². The molecule has 1 atom stereocenters. The van der Waals surface area contributed by atoms with Crippen molar-refractivity contribution in [3.63, 3.8) is 0 Å². The Morgan fingerprint density at radius 3 is 2.70 bits per heavy atom. The van der Waals surface area contributed by atoms with Gasteiger partial charge in [-0.2, -0.15) is 13.2 Å². The summed E-state index contributed by atoms with van der Waals surface area (Å²) in [6.45, 7) is 6.03. The van der Waals surface area contributed by atoms with E-state index in [1.807, 2.05) is 0 Å². The predicted molar refractivity (Wildman–Crippen MR) is 74.6 cm³/mol. The Balaban J connectivity index is 1.94. The number of hydrogen-bond donors (Lipinski definition) is 2. The number of hydrogen-bond acceptors (Lipinski definition) is 3. The maximum absolute atomic E-state index is 12.5. The summed E-state index contributed by atoms with van der Waals surface area (Å²) in [6.07, 6.45) is -3.24. The summed E-state index contributed by atoms with van der Waals surface area (Å²) in [5, 5.41) is 3.16. The molecule has 1 aromatic rings. The quantitative estimate of drug-likeness (QED) is 0.836. The molecule has 0 radical (unpaired) electrons. The molecule has 1 aliphatic heterocycles. The summed E-state index contributed by atoms with van der Waals surface area (Å²) < 4.78 is 37.6. The highest BCUT2D eigenvalue weighted by molar-refractivity contribution is 5.67. The number of alkyl halides is 3. The zero-order valence-corrected chi connectivity index (χ0v) is 11.5. The molecule has 0 bridgehead atoms. The van der Waals surface area contributed by atoms with Crippen LogP contribution in [-0.4, -0.2) is 31.1 Å². The highest BCUT2D eigenvalue weighted by atomic mass is 19.4. The van der Waals surface area contributed by atoms with E-state index < -0.39 is 11.7 Å². The first-order valence-corrected chi connectivity index (χ1v) is 6.83. The molecule has 1 aromatic carbocycles. The van der Waals surface area contributed by atoms with Crippen LogP contribution in [0.5, 0.6) is 0 Å². The van der Waals surface area contributed by atoms with Crippen molar-refractivity contribution in [2.75, 3.05) is 37.2 Å². The first kappa shape index (κ1) is 15.0. The van der Waals surface area contributed by atoms with Gasteiger partial charge in [-0.15, -0.1) is 0 Å². The lowest BCUT2D eigenvalue weighted by Gasteiger charge is -2.16. The average Bonchev–Trinajstić information content (AvgIpc) is 2.84. The van der Waals surface area contributed by atoms with Crippen LogP contribution < -0.4 is 11.1 Å². The molecule has 3 N–H and O–H groups in total. The third-order valence-electron chi connectivity index (χ3n) is 3.78. The third-order valence-corrected chi connectivity index (χ3v) is 3.78. The number of halogens is 3. The van der Waals surface area contributed by atoms with Crippen molar-refractivity contribution in [2.24, 2.45) is 5.92 Å². The zero-order chi connectivity index (χ0) is 14.8. The summed E-state index contributed by atoms with van der Waals surface area (Å²) in [5.74, 6) is 0.525. The van der Waals surface area contributed by atoms with Gasteiger partial charge in [0.05, 0.1) is 16.9 Å². The molecule has 1 heterocycles. The van der Waals surface area contributed by atoms with Crippen LogP contribution in [0.3, 0.4) is 0 Å². The minimum atomic E-state index is -4.35. The van der Waals surface area contributed by atoms with Crippen LogP contribution in [0.25, 0.3) is 0 Å². The first-order chi connectivity index (χ1) is 9.40. The lowest BCUT2D eigenvalue weighted by molar-refractivity contribution is -0.137. The van der Waals surface area contributed by atoms with E-state index in [4.69, 9.17) is 5.73 Å². The van der Waals surface area contributed by atoms with Gasteiger partial charge in [-0.3, -0.25) is 0 Å². The molecule has 0 spiro atoms. The molecular formula is C14H20F3N3. The number of benzene rings is 1. The molecule has 1 fully saturated rings. The Morgan fingerprint density at radius 2 is 2.15 bits per heavy atom. The van der Waals surface area contributed by atoms with Gasteiger partial charge in [0.15, 0.2) is 0 Å². The molecule has 0 aliphatic carbocycles. The van der Waals surface area contributed by atoms with Crippen LogP contribution in [0.2, 0.25) is 0 Å². The van der Waals surface area contributed by atoms with Crippen molar-refractivity contribution < 1.29 is 13.2 Å². The lowest BCUT2D eigenvalue weighted by atomic mass is 10.1. The predicted octanol–water partition coefficient (Wildman–Crippen LogP) is 3.04. The summed E-state index contributed by atoms with van der Waals surface area (Å²) >= 11 is 0. The molecule has 2 rings (SSSR count). The fourth-order valence-corrected chi connectivity index (χ4v) is 2.52. The second-order valence-electron chi connectivity index (χ2n) is 5.23. The molecule has 3 nitrogen and oxygen atoms in total. The molecule has 0 saturated carbocycles. The Hall–Kier alpha value is -1.43. The second-order valence-corrected chi connectivity index (χ2v) is 5.23. The van der Waals surface area contributed by atoms with Crippen molar-refractivity contribution in [1.29, 1.82) is 0 Å². The van der Waals surface area contributed by atoms with E-state index in [1.54, 1.807) is 0 Å². The van der Waals surface area contributed by atoms with Crippen LogP contribution in [0.15, 0.2) is 18.2 Å². The molecule has 0 amide bonds. The topological polar surface area (TPSA) is 41.3 Å². The van der Waals surface area contributed by atoms with Gasteiger partial charge < -0.3 is 16.0 Å². The minimum absolute atomic E-state index is 0.144. The summed E-state index contributed by atoms with van der Waals surface area (Å²) in [7, 11) is 0. The van der Waals surface area contributed by atoms with E-state index >= 15 is 0 Å². The van der Waals surface area contributed by atoms with Gasteiger partial charge in [-0.1, -0.05) is 6.92 Å². The van der Waals surface area contributed by atoms with E-state index in [0.29, 0.717) is 11.6 Å². The second kappa shape index (κ2) is 5.91. The number of rotatable bonds is 4. The van der Waals surface area contributed by atoms with E-state index in [2.05, 4.69) is 17.1 Å². The summed E-state index contributed by atoms with van der Waals surface area (Å²) in [6, 6.07) is 3.45. The van der Waals surface area contributed by atoms with Gasteiger partial charge in [0.1, 0.15) is 0 Å². The van der Waals surface area contributed by atoms with Crippen LogP contribution >= 0.6 is 0 Å². The smallest absolute Gasteiger partial charge is 0.397 e. The molecule has 20 heavy (non-hydrogen) atoms. The van der Waals surface area contributed by atoms with Crippen molar-refractivity contribution in [3.8, 4) is 0 Å². The standard InChI is InChI=1S/C14H20F3N3/c1-2-20-6-5-10(9-20)8-19-13-4-3-11(7-12(13)18)14(15,16)17/h3-4,7,10,19H,2,5-6,8-9,18H2,1H3. The maximum atomic E-state index is 12.5. The van der Waals surface area contributed by atoms with Crippen LogP contribution in [0.4, 0.5) is 24.5 Å². The maximum Gasteiger partial charge on any atom is 0.416 e. The first-order valence-electron chi connectivity index (χ1n) is 6.83. The van der Waals surface area contributed by atoms with E-state index in [-0.39, 0.29) is 5.69 Å². The van der Waals surface area contributed by atoms with Gasteiger partial charge in [0.25, 0.3) is 0 Å². The number of anilines is 2. The number of likely N-dealkylation sites (tertiary alicyclic amines) is 1. The number of nitrogen functional groups attached to an aromatic ring is 1. The lowest BCUT2D eigenvalue weighted by Crippen LogP contribution is -2.22. The van der Waals surface area contributed by atoms with Crippen LogP contribution in [0.1, 0.15) is 18.9 Å². The van der Waals surface area contributed by atoms with E-state index in [0.717, 1.165) is 44.7 Å². The molecule has 1 unspecified atom stereocenters. The van der Waals surface area contributed by atoms with Crippen molar-refractivity contribution >= 4 is 11.4 Å². The SMILES string of the molecule is CCN1CCC(CNc2ccc(C(F)(F)F)cc2N)C1. The van der Waals surface area contributed by atoms with Crippen LogP contribution in [0, 0.1) is 5.92 Å². The Bertz CT molecular complexity index is 459. The summed E-state index contributed by atoms with van der Waals surface area (Å²) in [5.41, 5.74) is 5.69. The third kappa shape index (κ3) is 3.56. The molecule has 6 heteroatoms. The zero-order valence-electron chi connectivity index (χ0n) is 11.5. The Morgan fingerprint density at radius 1 is 1.40 bits per heavy atom. The average molecular weight is 287 g/mol. The minimum Gasteiger partial charge on any atom is -0.397 e. The number of nitrogens with one attached hydrogen (secondary N) is 1. The van der Waals surface area contributed by atoms with Gasteiger partial charge >= 0.3 is 6.18 Å². The van der Waals surface area contributed by atoms with Crippen molar-refractivity contribution in [1.82, 2.24) is 4.90 Å². The Kier molecular flexibility index (Phi) is 4.42.